The van der Waals surface area contributed by atoms with Gasteiger partial charge in [-0.1, -0.05) is 35.9 Å². The number of pyridine rings is 1. The van der Waals surface area contributed by atoms with Crippen LogP contribution in [0.3, 0.4) is 0 Å². The summed E-state index contributed by atoms with van der Waals surface area (Å²) >= 11 is 0. The molecule has 3 rings (SSSR count). The highest BCUT2D eigenvalue weighted by Crippen LogP contribution is 2.10. The van der Waals surface area contributed by atoms with Gasteiger partial charge in [0, 0.05) is 30.1 Å². The smallest absolute Gasteiger partial charge is 0.251 e. The Balaban J connectivity index is 1.55. The van der Waals surface area contributed by atoms with Gasteiger partial charge in [-0.05, 0) is 49.2 Å². The summed E-state index contributed by atoms with van der Waals surface area (Å²) < 4.78 is 1.36. The second-order valence-corrected chi connectivity index (χ2v) is 6.97. The van der Waals surface area contributed by atoms with Crippen LogP contribution in [0.4, 0.5) is 5.69 Å². The molecule has 0 atom stereocenters. The molecule has 2 aromatic carbocycles. The van der Waals surface area contributed by atoms with Gasteiger partial charge in [-0.3, -0.25) is 14.4 Å². The van der Waals surface area contributed by atoms with E-state index in [9.17, 15) is 14.4 Å². The third-order valence-electron chi connectivity index (χ3n) is 4.45. The molecule has 0 aliphatic carbocycles. The van der Waals surface area contributed by atoms with Crippen molar-refractivity contribution in [2.24, 2.45) is 0 Å². The largest absolute Gasteiger partial charge is 0.348 e. The maximum Gasteiger partial charge on any atom is 0.251 e. The zero-order valence-corrected chi connectivity index (χ0v) is 16.4. The lowest BCUT2D eigenvalue weighted by atomic mass is 10.1. The molecule has 0 bridgehead atoms. The Morgan fingerprint density at radius 3 is 2.21 bits per heavy atom. The number of benzene rings is 2. The Kier molecular flexibility index (Phi) is 6.24. The predicted molar refractivity (Wildman–Crippen MR) is 113 cm³/mol. The van der Waals surface area contributed by atoms with Crippen molar-refractivity contribution >= 4 is 17.5 Å². The lowest BCUT2D eigenvalue weighted by Crippen LogP contribution is -2.27. The fourth-order valence-corrected chi connectivity index (χ4v) is 2.82. The molecule has 148 valence electrons. The first-order valence-electron chi connectivity index (χ1n) is 9.31. The van der Waals surface area contributed by atoms with Crippen LogP contribution in [-0.4, -0.2) is 16.4 Å². The Hall–Kier alpha value is -3.67. The van der Waals surface area contributed by atoms with E-state index in [0.717, 1.165) is 11.1 Å². The highest BCUT2D eigenvalue weighted by atomic mass is 16.2. The van der Waals surface area contributed by atoms with Crippen molar-refractivity contribution in [3.05, 3.63) is 99.5 Å². The van der Waals surface area contributed by atoms with E-state index in [1.807, 2.05) is 38.1 Å². The fraction of sp³-hybridized carbons (Fsp3) is 0.174. The summed E-state index contributed by atoms with van der Waals surface area (Å²) in [4.78, 5) is 36.3. The number of hydrogen-bond donors (Lipinski definition) is 2. The number of amides is 2. The molecule has 6 nitrogen and oxygen atoms in total. The van der Waals surface area contributed by atoms with Crippen LogP contribution >= 0.6 is 0 Å². The number of aromatic nitrogens is 1. The molecule has 29 heavy (non-hydrogen) atoms. The minimum absolute atomic E-state index is 0.0701. The minimum atomic E-state index is -0.311. The zero-order valence-electron chi connectivity index (χ0n) is 16.4. The summed E-state index contributed by atoms with van der Waals surface area (Å²) in [6, 6.07) is 17.7. The van der Waals surface area contributed by atoms with Gasteiger partial charge in [-0.25, -0.2) is 0 Å². The van der Waals surface area contributed by atoms with E-state index in [-0.39, 0.29) is 23.9 Å². The highest BCUT2D eigenvalue weighted by molar-refractivity contribution is 5.95. The summed E-state index contributed by atoms with van der Waals surface area (Å²) in [5, 5.41) is 5.61. The van der Waals surface area contributed by atoms with Crippen molar-refractivity contribution in [3.63, 3.8) is 0 Å². The van der Waals surface area contributed by atoms with Crippen LogP contribution in [0.2, 0.25) is 0 Å². The number of hydrogen-bond acceptors (Lipinski definition) is 3. The molecular weight excluding hydrogens is 366 g/mol. The average Bonchev–Trinajstić information content (AvgIpc) is 2.70. The van der Waals surface area contributed by atoms with E-state index in [1.165, 1.54) is 16.2 Å². The SMILES string of the molecule is Cc1ccc(CNC(=O)c2ccc(NC(=O)Cn3cc(C)ccc3=O)cc2)cc1. The molecule has 6 heteroatoms. The number of nitrogens with one attached hydrogen (secondary N) is 2. The van der Waals surface area contributed by atoms with Crippen molar-refractivity contribution in [1.29, 1.82) is 0 Å². The predicted octanol–water partition coefficient (Wildman–Crippen LogP) is 3.03. The number of carbonyl (C=O) groups is 2. The zero-order chi connectivity index (χ0) is 20.8. The lowest BCUT2D eigenvalue weighted by Gasteiger charge is -2.09. The van der Waals surface area contributed by atoms with Gasteiger partial charge in [0.05, 0.1) is 0 Å². The van der Waals surface area contributed by atoms with E-state index in [1.54, 1.807) is 36.5 Å². The number of nitrogens with zero attached hydrogens (tertiary/aromatic N) is 1. The molecule has 0 radical (unpaired) electrons. The van der Waals surface area contributed by atoms with Gasteiger partial charge >= 0.3 is 0 Å². The Labute approximate surface area is 169 Å². The fourth-order valence-electron chi connectivity index (χ4n) is 2.82. The molecule has 1 heterocycles. The highest BCUT2D eigenvalue weighted by Gasteiger charge is 2.08. The Morgan fingerprint density at radius 2 is 1.52 bits per heavy atom. The van der Waals surface area contributed by atoms with Gasteiger partial charge in [0.2, 0.25) is 5.91 Å². The standard InChI is InChI=1S/C23H23N3O3/c1-16-3-6-18(7-4-16)13-24-23(29)19-8-10-20(11-9-19)25-21(27)15-26-14-17(2)5-12-22(26)28/h3-12,14H,13,15H2,1-2H3,(H,24,29)(H,25,27). The van der Waals surface area contributed by atoms with Crippen LogP contribution in [0.1, 0.15) is 27.0 Å². The third-order valence-corrected chi connectivity index (χ3v) is 4.45. The van der Waals surface area contributed by atoms with E-state index in [2.05, 4.69) is 10.6 Å². The van der Waals surface area contributed by atoms with Crippen molar-refractivity contribution in [2.75, 3.05) is 5.32 Å². The first kappa shape index (κ1) is 20.1. The molecule has 0 saturated carbocycles. The molecule has 1 aromatic heterocycles. The van der Waals surface area contributed by atoms with E-state index < -0.39 is 0 Å². The van der Waals surface area contributed by atoms with Crippen molar-refractivity contribution < 1.29 is 9.59 Å². The molecule has 0 saturated heterocycles. The van der Waals surface area contributed by atoms with Gasteiger partial charge in [0.15, 0.2) is 0 Å². The summed E-state index contributed by atoms with van der Waals surface area (Å²) in [7, 11) is 0. The molecule has 0 fully saturated rings. The summed E-state index contributed by atoms with van der Waals surface area (Å²) in [6.45, 7) is 4.25. The Bertz CT molecular complexity index is 1070. The second kappa shape index (κ2) is 9.01. The number of aryl methyl sites for hydroxylation is 2. The van der Waals surface area contributed by atoms with Crippen LogP contribution in [0.25, 0.3) is 0 Å². The minimum Gasteiger partial charge on any atom is -0.348 e. The van der Waals surface area contributed by atoms with Crippen molar-refractivity contribution in [2.45, 2.75) is 26.9 Å². The third kappa shape index (κ3) is 5.65. The summed E-state index contributed by atoms with van der Waals surface area (Å²) in [5.41, 5.74) is 3.93. The van der Waals surface area contributed by atoms with Crippen molar-refractivity contribution in [1.82, 2.24) is 9.88 Å². The normalized spacial score (nSPS) is 10.4. The van der Waals surface area contributed by atoms with Gasteiger partial charge in [0.25, 0.3) is 11.5 Å². The molecule has 2 N–H and O–H groups in total. The van der Waals surface area contributed by atoms with Crippen LogP contribution in [0.15, 0.2) is 71.7 Å². The van der Waals surface area contributed by atoms with Gasteiger partial charge in [0.1, 0.15) is 6.54 Å². The van der Waals surface area contributed by atoms with Crippen LogP contribution in [0.5, 0.6) is 0 Å². The molecule has 0 unspecified atom stereocenters. The van der Waals surface area contributed by atoms with E-state index in [4.69, 9.17) is 0 Å². The maximum absolute atomic E-state index is 12.3. The van der Waals surface area contributed by atoms with Crippen molar-refractivity contribution in [3.8, 4) is 0 Å². The first-order valence-corrected chi connectivity index (χ1v) is 9.31. The number of rotatable bonds is 6. The Morgan fingerprint density at radius 1 is 0.862 bits per heavy atom. The summed E-state index contributed by atoms with van der Waals surface area (Å²) in [5.74, 6) is -0.496. The van der Waals surface area contributed by atoms with Crippen LogP contribution in [0, 0.1) is 13.8 Å². The average molecular weight is 389 g/mol. The molecule has 0 aliphatic rings. The van der Waals surface area contributed by atoms with Crippen LogP contribution in [-0.2, 0) is 17.9 Å². The quantitative estimate of drug-likeness (QED) is 0.680. The molecular formula is C23H23N3O3. The van der Waals surface area contributed by atoms with Crippen LogP contribution < -0.4 is 16.2 Å². The van der Waals surface area contributed by atoms with Gasteiger partial charge < -0.3 is 15.2 Å². The summed E-state index contributed by atoms with van der Waals surface area (Å²) in [6.07, 6.45) is 1.64. The van der Waals surface area contributed by atoms with E-state index >= 15 is 0 Å². The lowest BCUT2D eigenvalue weighted by molar-refractivity contribution is -0.116. The first-order chi connectivity index (χ1) is 13.9. The number of carbonyl (C=O) groups excluding carboxylic acids is 2. The monoisotopic (exact) mass is 389 g/mol. The molecule has 3 aromatic rings. The molecule has 0 spiro atoms. The molecule has 2 amide bonds. The maximum atomic E-state index is 12.3. The number of anilines is 1. The van der Waals surface area contributed by atoms with Gasteiger partial charge in [-0.15, -0.1) is 0 Å². The van der Waals surface area contributed by atoms with E-state index in [0.29, 0.717) is 17.8 Å². The molecule has 0 aliphatic heterocycles. The topological polar surface area (TPSA) is 80.2 Å². The van der Waals surface area contributed by atoms with Gasteiger partial charge in [-0.2, -0.15) is 0 Å². The second-order valence-electron chi connectivity index (χ2n) is 6.97.